The summed E-state index contributed by atoms with van der Waals surface area (Å²) >= 11 is 5.91. The van der Waals surface area contributed by atoms with Crippen molar-refractivity contribution in [3.8, 4) is 0 Å². The largest absolute Gasteiger partial charge is 0.465 e. The first-order valence-electron chi connectivity index (χ1n) is 7.81. The van der Waals surface area contributed by atoms with Crippen LogP contribution in [0.5, 0.6) is 0 Å². The number of nitrogens with one attached hydrogen (secondary N) is 2. The summed E-state index contributed by atoms with van der Waals surface area (Å²) in [6, 6.07) is 13.8. The molecule has 0 radical (unpaired) electrons. The highest BCUT2D eigenvalue weighted by atomic mass is 35.5. The molecule has 0 aliphatic carbocycles. The monoisotopic (exact) mass is 360 g/mol. The summed E-state index contributed by atoms with van der Waals surface area (Å²) in [4.78, 5) is 23.7. The van der Waals surface area contributed by atoms with Crippen LogP contribution in [0.1, 0.15) is 29.8 Å². The van der Waals surface area contributed by atoms with Crippen LogP contribution in [0.25, 0.3) is 0 Å². The summed E-state index contributed by atoms with van der Waals surface area (Å²) in [7, 11) is 1.31. The number of anilines is 1. The van der Waals surface area contributed by atoms with Gasteiger partial charge in [0.2, 0.25) is 0 Å². The van der Waals surface area contributed by atoms with Crippen LogP contribution in [-0.4, -0.2) is 25.7 Å². The topological polar surface area (TPSA) is 67.4 Å². The fourth-order valence-corrected chi connectivity index (χ4v) is 2.45. The van der Waals surface area contributed by atoms with Crippen LogP contribution in [0, 0.1) is 0 Å². The zero-order valence-electron chi connectivity index (χ0n) is 14.4. The van der Waals surface area contributed by atoms with Crippen molar-refractivity contribution in [2.24, 2.45) is 0 Å². The maximum absolute atomic E-state index is 12.1. The SMILES string of the molecule is COC(=O)c1cccc(NC(=O)NCC(C)(C)c2ccc(Cl)cc2)c1. The van der Waals surface area contributed by atoms with Gasteiger partial charge >= 0.3 is 12.0 Å². The van der Waals surface area contributed by atoms with E-state index in [9.17, 15) is 9.59 Å². The molecule has 2 N–H and O–H groups in total. The van der Waals surface area contributed by atoms with Gasteiger partial charge in [-0.15, -0.1) is 0 Å². The molecule has 5 nitrogen and oxygen atoms in total. The summed E-state index contributed by atoms with van der Waals surface area (Å²) in [5.41, 5.74) is 1.71. The zero-order chi connectivity index (χ0) is 18.4. The lowest BCUT2D eigenvalue weighted by Gasteiger charge is -2.25. The Kier molecular flexibility index (Phi) is 6.04. The van der Waals surface area contributed by atoms with E-state index in [4.69, 9.17) is 11.6 Å². The number of carbonyl (C=O) groups excluding carboxylic acids is 2. The van der Waals surface area contributed by atoms with Gasteiger partial charge < -0.3 is 15.4 Å². The molecule has 0 atom stereocenters. The molecule has 0 aliphatic heterocycles. The van der Waals surface area contributed by atoms with Gasteiger partial charge in [-0.2, -0.15) is 0 Å². The van der Waals surface area contributed by atoms with Gasteiger partial charge in [-0.05, 0) is 35.9 Å². The van der Waals surface area contributed by atoms with Crippen LogP contribution in [-0.2, 0) is 10.2 Å². The number of urea groups is 1. The Bertz CT molecular complexity index is 758. The van der Waals surface area contributed by atoms with Gasteiger partial charge in [0.25, 0.3) is 0 Å². The lowest BCUT2D eigenvalue weighted by molar-refractivity contribution is 0.0600. The fraction of sp³-hybridized carbons (Fsp3) is 0.263. The molecule has 0 fully saturated rings. The number of esters is 1. The quantitative estimate of drug-likeness (QED) is 0.784. The van der Waals surface area contributed by atoms with Gasteiger partial charge in [-0.25, -0.2) is 9.59 Å². The summed E-state index contributed by atoms with van der Waals surface area (Å²) < 4.78 is 4.67. The summed E-state index contributed by atoms with van der Waals surface area (Å²) in [6.45, 7) is 4.51. The van der Waals surface area contributed by atoms with E-state index >= 15 is 0 Å². The van der Waals surface area contributed by atoms with Crippen LogP contribution >= 0.6 is 11.6 Å². The van der Waals surface area contributed by atoms with Crippen LogP contribution < -0.4 is 10.6 Å². The van der Waals surface area contributed by atoms with E-state index in [2.05, 4.69) is 15.4 Å². The van der Waals surface area contributed by atoms with Crippen LogP contribution in [0.4, 0.5) is 10.5 Å². The van der Waals surface area contributed by atoms with E-state index in [1.54, 1.807) is 24.3 Å². The molecule has 2 aromatic rings. The van der Waals surface area contributed by atoms with Crippen molar-refractivity contribution in [1.29, 1.82) is 0 Å². The van der Waals surface area contributed by atoms with Gasteiger partial charge in [0, 0.05) is 22.7 Å². The van der Waals surface area contributed by atoms with Gasteiger partial charge in [0.1, 0.15) is 0 Å². The molecule has 2 rings (SSSR count). The van der Waals surface area contributed by atoms with E-state index < -0.39 is 5.97 Å². The first-order valence-corrected chi connectivity index (χ1v) is 8.19. The van der Waals surface area contributed by atoms with Crippen molar-refractivity contribution < 1.29 is 14.3 Å². The first-order chi connectivity index (χ1) is 11.8. The predicted octanol–water partition coefficient (Wildman–Crippen LogP) is 4.23. The number of rotatable bonds is 5. The fourth-order valence-electron chi connectivity index (χ4n) is 2.32. The molecule has 6 heteroatoms. The first kappa shape index (κ1) is 18.8. The van der Waals surface area contributed by atoms with Crippen LogP contribution in [0.15, 0.2) is 48.5 Å². The minimum atomic E-state index is -0.451. The Morgan fingerprint density at radius 2 is 1.80 bits per heavy atom. The number of amides is 2. The molecule has 0 aromatic heterocycles. The van der Waals surface area contributed by atoms with E-state index in [-0.39, 0.29) is 11.4 Å². The lowest BCUT2D eigenvalue weighted by Crippen LogP contribution is -2.39. The molecule has 2 aromatic carbocycles. The Labute approximate surface area is 152 Å². The molecule has 0 unspecified atom stereocenters. The van der Waals surface area contributed by atoms with E-state index in [0.29, 0.717) is 22.8 Å². The van der Waals surface area contributed by atoms with Gasteiger partial charge in [-0.3, -0.25) is 0 Å². The van der Waals surface area contributed by atoms with Gasteiger partial charge in [0.15, 0.2) is 0 Å². The van der Waals surface area contributed by atoms with Crippen LogP contribution in [0.3, 0.4) is 0 Å². The van der Waals surface area contributed by atoms with Gasteiger partial charge in [0.05, 0.1) is 12.7 Å². The van der Waals surface area contributed by atoms with Crippen molar-refractivity contribution in [2.45, 2.75) is 19.3 Å². The zero-order valence-corrected chi connectivity index (χ0v) is 15.2. The summed E-state index contributed by atoms with van der Waals surface area (Å²) in [5.74, 6) is -0.451. The Morgan fingerprint density at radius 3 is 2.44 bits per heavy atom. The Morgan fingerprint density at radius 1 is 1.12 bits per heavy atom. The van der Waals surface area contributed by atoms with E-state index in [1.807, 2.05) is 38.1 Å². The van der Waals surface area contributed by atoms with Crippen molar-refractivity contribution in [2.75, 3.05) is 19.0 Å². The Balaban J connectivity index is 1.96. The van der Waals surface area contributed by atoms with Gasteiger partial charge in [-0.1, -0.05) is 43.6 Å². The summed E-state index contributed by atoms with van der Waals surface area (Å²) in [5, 5.41) is 6.24. The van der Waals surface area contributed by atoms with Crippen molar-refractivity contribution in [1.82, 2.24) is 5.32 Å². The number of carbonyl (C=O) groups is 2. The lowest BCUT2D eigenvalue weighted by atomic mass is 9.85. The minimum Gasteiger partial charge on any atom is -0.465 e. The molecule has 25 heavy (non-hydrogen) atoms. The molecule has 0 saturated carbocycles. The van der Waals surface area contributed by atoms with E-state index in [1.165, 1.54) is 7.11 Å². The number of hydrogen-bond donors (Lipinski definition) is 2. The standard InChI is InChI=1S/C19H21ClN2O3/c1-19(2,14-7-9-15(20)10-8-14)12-21-18(24)22-16-6-4-5-13(11-16)17(23)25-3/h4-11H,12H2,1-3H3,(H2,21,22,24). The Hall–Kier alpha value is -2.53. The number of hydrogen-bond acceptors (Lipinski definition) is 3. The van der Waals surface area contributed by atoms with Crippen molar-refractivity contribution >= 4 is 29.3 Å². The highest BCUT2D eigenvalue weighted by molar-refractivity contribution is 6.30. The molecular formula is C19H21ClN2O3. The second kappa shape index (κ2) is 8.03. The third-order valence-corrected chi connectivity index (χ3v) is 4.11. The third-order valence-electron chi connectivity index (χ3n) is 3.86. The number of halogens is 1. The minimum absolute atomic E-state index is 0.254. The maximum Gasteiger partial charge on any atom is 0.337 e. The number of benzene rings is 2. The maximum atomic E-state index is 12.1. The average molecular weight is 361 g/mol. The molecule has 0 spiro atoms. The smallest absolute Gasteiger partial charge is 0.337 e. The van der Waals surface area contributed by atoms with E-state index in [0.717, 1.165) is 5.56 Å². The van der Waals surface area contributed by atoms with Crippen molar-refractivity contribution in [3.63, 3.8) is 0 Å². The van der Waals surface area contributed by atoms with Crippen LogP contribution in [0.2, 0.25) is 5.02 Å². The second-order valence-electron chi connectivity index (χ2n) is 6.27. The molecular weight excluding hydrogens is 340 g/mol. The molecule has 0 bridgehead atoms. The normalized spacial score (nSPS) is 10.9. The highest BCUT2D eigenvalue weighted by Gasteiger charge is 2.21. The van der Waals surface area contributed by atoms with Crippen molar-refractivity contribution in [3.05, 3.63) is 64.7 Å². The third kappa shape index (κ3) is 5.22. The number of ether oxygens (including phenoxy) is 1. The average Bonchev–Trinajstić information content (AvgIpc) is 2.60. The molecule has 0 saturated heterocycles. The number of methoxy groups -OCH3 is 1. The molecule has 0 aliphatic rings. The molecule has 2 amide bonds. The summed E-state index contributed by atoms with van der Waals surface area (Å²) in [6.07, 6.45) is 0. The molecule has 132 valence electrons. The highest BCUT2D eigenvalue weighted by Crippen LogP contribution is 2.24. The molecule has 0 heterocycles. The predicted molar refractivity (Wildman–Crippen MR) is 99.3 cm³/mol. The second-order valence-corrected chi connectivity index (χ2v) is 6.71.